The van der Waals surface area contributed by atoms with Crippen LogP contribution in [-0.4, -0.2) is 47.0 Å². The van der Waals surface area contributed by atoms with Gasteiger partial charge in [-0.2, -0.15) is 4.98 Å². The summed E-state index contributed by atoms with van der Waals surface area (Å²) in [6.45, 7) is 2.76. The molecule has 11 nitrogen and oxygen atoms in total. The van der Waals surface area contributed by atoms with E-state index >= 15 is 0 Å². The average Bonchev–Trinajstić information content (AvgIpc) is 3.07. The normalized spacial score (nSPS) is 11.5. The summed E-state index contributed by atoms with van der Waals surface area (Å²) in [5.74, 6) is 0.516. The van der Waals surface area contributed by atoms with Gasteiger partial charge in [-0.3, -0.25) is 9.78 Å². The predicted octanol–water partition coefficient (Wildman–Crippen LogP) is 4.58. The second kappa shape index (κ2) is 14.8. The lowest BCUT2D eigenvalue weighted by Crippen LogP contribution is -2.42. The number of amides is 3. The summed E-state index contributed by atoms with van der Waals surface area (Å²) in [6.07, 6.45) is 3.65. The number of aryl methyl sites for hydroxylation is 1. The molecule has 0 unspecified atom stereocenters. The molecular weight excluding hydrogens is 584 g/mol. The number of nitrogens with zero attached hydrogens (tertiary/aromatic N) is 3. The fraction of sp³-hybridized carbons (Fsp3) is 0.229. The molecule has 0 aliphatic heterocycles. The molecule has 0 aliphatic carbocycles. The van der Waals surface area contributed by atoms with E-state index < -0.39 is 11.7 Å². The zero-order valence-electron chi connectivity index (χ0n) is 25.9. The fourth-order valence-corrected chi connectivity index (χ4v) is 5.08. The fourth-order valence-electron chi connectivity index (χ4n) is 5.08. The van der Waals surface area contributed by atoms with E-state index in [1.807, 2.05) is 72.8 Å². The van der Waals surface area contributed by atoms with E-state index in [0.717, 1.165) is 22.3 Å². The maximum atomic E-state index is 13.7. The highest BCUT2D eigenvalue weighted by atomic mass is 16.5. The Hall–Kier alpha value is -5.71. The number of anilines is 1. The van der Waals surface area contributed by atoms with E-state index in [2.05, 4.69) is 25.9 Å². The van der Waals surface area contributed by atoms with E-state index in [1.165, 1.54) is 0 Å². The molecule has 0 bridgehead atoms. The molecule has 0 saturated heterocycles. The number of rotatable bonds is 12. The second-order valence-electron chi connectivity index (χ2n) is 10.9. The number of ether oxygens (including phenoxy) is 1. The van der Waals surface area contributed by atoms with Crippen molar-refractivity contribution < 1.29 is 18.7 Å². The second-order valence-corrected chi connectivity index (χ2v) is 10.9. The Morgan fingerprint density at radius 2 is 1.61 bits per heavy atom. The predicted molar refractivity (Wildman–Crippen MR) is 175 cm³/mol. The molecule has 0 fully saturated rings. The Morgan fingerprint density at radius 1 is 0.891 bits per heavy atom. The molecule has 0 aliphatic rings. The lowest BCUT2D eigenvalue weighted by Gasteiger charge is -2.25. The topological polar surface area (TPSA) is 139 Å². The van der Waals surface area contributed by atoms with Gasteiger partial charge in [-0.25, -0.2) is 9.59 Å². The van der Waals surface area contributed by atoms with Crippen molar-refractivity contribution in [2.75, 3.05) is 19.5 Å². The molecule has 0 spiro atoms. The standard InChI is InChI=1S/C35H36N6O5/c1-23-27(21-38-34(44)37-20-25-15-17-36-18-16-25)11-14-29-31(23)33(43)46-35(39-29)40-30(19-24-9-12-28(45-3)13-10-24)32(42)41(2)22-26-7-5-4-6-8-26/h4-18,30H,19-22H2,1-3H3,(H,39,40)(H2,37,38,44)/t30-/m0/s1. The largest absolute Gasteiger partial charge is 0.497 e. The first-order chi connectivity index (χ1) is 22.3. The van der Waals surface area contributed by atoms with Gasteiger partial charge in [-0.1, -0.05) is 48.5 Å². The Balaban J connectivity index is 1.33. The van der Waals surface area contributed by atoms with Crippen LogP contribution >= 0.6 is 0 Å². The third-order valence-corrected chi connectivity index (χ3v) is 7.65. The third kappa shape index (κ3) is 8.06. The lowest BCUT2D eigenvalue weighted by atomic mass is 10.0. The molecular formula is C35H36N6O5. The highest BCUT2D eigenvalue weighted by Gasteiger charge is 2.25. The number of hydrogen-bond acceptors (Lipinski definition) is 8. The molecule has 3 aromatic carbocycles. The summed E-state index contributed by atoms with van der Waals surface area (Å²) in [4.78, 5) is 49.5. The SMILES string of the molecule is COc1ccc(C[C@H](Nc2nc3ccc(CNC(=O)NCc4ccncc4)c(C)c3c(=O)o2)C(=O)N(C)Cc2ccccc2)cc1. The number of methoxy groups -OCH3 is 1. The molecule has 11 heteroatoms. The minimum absolute atomic E-state index is 0.0572. The first kappa shape index (κ1) is 31.7. The van der Waals surface area contributed by atoms with Crippen LogP contribution in [0.3, 0.4) is 0 Å². The van der Waals surface area contributed by atoms with E-state index in [0.29, 0.717) is 41.7 Å². The number of aromatic nitrogens is 2. The Morgan fingerprint density at radius 3 is 2.33 bits per heavy atom. The van der Waals surface area contributed by atoms with Gasteiger partial charge in [-0.15, -0.1) is 0 Å². The Bertz CT molecular complexity index is 1850. The quantitative estimate of drug-likeness (QED) is 0.184. The zero-order chi connectivity index (χ0) is 32.5. The minimum Gasteiger partial charge on any atom is -0.497 e. The minimum atomic E-state index is -0.773. The van der Waals surface area contributed by atoms with Crippen LogP contribution in [0.2, 0.25) is 0 Å². The van der Waals surface area contributed by atoms with Crippen molar-refractivity contribution >= 4 is 28.9 Å². The monoisotopic (exact) mass is 620 g/mol. The number of fused-ring (bicyclic) bond motifs is 1. The van der Waals surface area contributed by atoms with Crippen molar-refractivity contribution in [2.45, 2.75) is 39.0 Å². The highest BCUT2D eigenvalue weighted by molar-refractivity contribution is 5.86. The number of carbonyl (C=O) groups excluding carboxylic acids is 2. The van der Waals surface area contributed by atoms with E-state index in [1.54, 1.807) is 44.4 Å². The van der Waals surface area contributed by atoms with Gasteiger partial charge in [0.15, 0.2) is 0 Å². The van der Waals surface area contributed by atoms with E-state index in [-0.39, 0.29) is 24.5 Å². The van der Waals surface area contributed by atoms with Gasteiger partial charge in [0, 0.05) is 45.5 Å². The molecule has 2 aromatic heterocycles. The van der Waals surface area contributed by atoms with Gasteiger partial charge in [0.05, 0.1) is 18.0 Å². The van der Waals surface area contributed by atoms with E-state index in [9.17, 15) is 14.4 Å². The van der Waals surface area contributed by atoms with Crippen LogP contribution in [0.15, 0.2) is 100 Å². The van der Waals surface area contributed by atoms with Crippen LogP contribution < -0.4 is 26.3 Å². The summed E-state index contributed by atoms with van der Waals surface area (Å²) >= 11 is 0. The highest BCUT2D eigenvalue weighted by Crippen LogP contribution is 2.21. The molecule has 0 radical (unpaired) electrons. The third-order valence-electron chi connectivity index (χ3n) is 7.65. The maximum absolute atomic E-state index is 13.7. The molecule has 46 heavy (non-hydrogen) atoms. The molecule has 3 N–H and O–H groups in total. The smallest absolute Gasteiger partial charge is 0.348 e. The van der Waals surface area contributed by atoms with Crippen LogP contribution in [0.1, 0.15) is 27.8 Å². The van der Waals surface area contributed by atoms with Crippen molar-refractivity contribution in [3.05, 3.63) is 129 Å². The van der Waals surface area contributed by atoms with Crippen molar-refractivity contribution in [3.8, 4) is 5.75 Å². The lowest BCUT2D eigenvalue weighted by molar-refractivity contribution is -0.131. The number of likely N-dealkylation sites (N-methyl/N-ethyl adjacent to an activating group) is 1. The average molecular weight is 621 g/mol. The molecule has 2 heterocycles. The van der Waals surface area contributed by atoms with Crippen molar-refractivity contribution in [2.24, 2.45) is 0 Å². The maximum Gasteiger partial charge on any atom is 0.348 e. The van der Waals surface area contributed by atoms with Gasteiger partial charge in [0.1, 0.15) is 11.8 Å². The molecule has 236 valence electrons. The first-order valence-corrected chi connectivity index (χ1v) is 14.8. The van der Waals surface area contributed by atoms with Gasteiger partial charge < -0.3 is 30.0 Å². The molecule has 0 saturated carbocycles. The Labute approximate surface area is 266 Å². The molecule has 1 atom stereocenters. The molecule has 5 aromatic rings. The van der Waals surface area contributed by atoms with Crippen LogP contribution in [0.25, 0.3) is 10.9 Å². The summed E-state index contributed by atoms with van der Waals surface area (Å²) < 4.78 is 10.9. The molecule has 5 rings (SSSR count). The van der Waals surface area contributed by atoms with E-state index in [4.69, 9.17) is 9.15 Å². The number of carbonyl (C=O) groups is 2. The van der Waals surface area contributed by atoms with Gasteiger partial charge in [0.25, 0.3) is 6.01 Å². The van der Waals surface area contributed by atoms with Crippen LogP contribution in [0, 0.1) is 6.92 Å². The van der Waals surface area contributed by atoms with Crippen LogP contribution in [-0.2, 0) is 30.8 Å². The Kier molecular flexibility index (Phi) is 10.2. The number of hydrogen-bond donors (Lipinski definition) is 3. The number of nitrogens with one attached hydrogen (secondary N) is 3. The number of urea groups is 1. The summed E-state index contributed by atoms with van der Waals surface area (Å²) in [7, 11) is 3.33. The van der Waals surface area contributed by atoms with Crippen LogP contribution in [0.4, 0.5) is 10.8 Å². The summed E-state index contributed by atoms with van der Waals surface area (Å²) in [5.41, 5.74) is 4.02. The molecule has 3 amide bonds. The van der Waals surface area contributed by atoms with Crippen LogP contribution in [0.5, 0.6) is 5.75 Å². The van der Waals surface area contributed by atoms with Gasteiger partial charge >= 0.3 is 11.7 Å². The number of benzene rings is 3. The number of pyridine rings is 1. The van der Waals surface area contributed by atoms with Crippen molar-refractivity contribution in [3.63, 3.8) is 0 Å². The summed E-state index contributed by atoms with van der Waals surface area (Å²) in [5, 5.41) is 9.02. The van der Waals surface area contributed by atoms with Gasteiger partial charge in [-0.05, 0) is 65.1 Å². The first-order valence-electron chi connectivity index (χ1n) is 14.8. The summed E-state index contributed by atoms with van der Waals surface area (Å²) in [6, 6.07) is 23.1. The van der Waals surface area contributed by atoms with Crippen molar-refractivity contribution in [1.29, 1.82) is 0 Å². The van der Waals surface area contributed by atoms with Crippen molar-refractivity contribution in [1.82, 2.24) is 25.5 Å². The van der Waals surface area contributed by atoms with Gasteiger partial charge in [0.2, 0.25) is 5.91 Å². The zero-order valence-corrected chi connectivity index (χ0v) is 25.9.